The molecule has 0 fully saturated rings. The number of aryl methyl sites for hydroxylation is 1. The molecule has 0 atom stereocenters. The Labute approximate surface area is 193 Å². The van der Waals surface area contributed by atoms with Gasteiger partial charge in [0, 0.05) is 29.1 Å². The van der Waals surface area contributed by atoms with Crippen LogP contribution >= 0.6 is 0 Å². The van der Waals surface area contributed by atoms with Gasteiger partial charge < -0.3 is 10.1 Å². The molecule has 0 unspecified atom stereocenters. The van der Waals surface area contributed by atoms with Gasteiger partial charge in [0.1, 0.15) is 11.3 Å². The molecule has 0 radical (unpaired) electrons. The SMILES string of the molecule is CCCCc1ccc(NC(=O)c2cc3c(n(-c4ccc(OC)cc4)c2=O)CCCC3=O)cc1. The second-order valence-electron chi connectivity index (χ2n) is 8.29. The highest BCUT2D eigenvalue weighted by Gasteiger charge is 2.26. The lowest BCUT2D eigenvalue weighted by atomic mass is 9.92. The minimum atomic E-state index is -0.523. The molecule has 6 nitrogen and oxygen atoms in total. The fraction of sp³-hybridized carbons (Fsp3) is 0.296. The fourth-order valence-electron chi connectivity index (χ4n) is 4.19. The van der Waals surface area contributed by atoms with Crippen molar-refractivity contribution in [3.8, 4) is 11.4 Å². The number of Topliss-reactive ketones (excluding diaryl/α,β-unsaturated/α-hetero) is 1. The number of ketones is 1. The lowest BCUT2D eigenvalue weighted by molar-refractivity contribution is 0.0971. The number of benzene rings is 2. The summed E-state index contributed by atoms with van der Waals surface area (Å²) >= 11 is 0. The summed E-state index contributed by atoms with van der Waals surface area (Å²) in [4.78, 5) is 39.2. The number of anilines is 1. The molecule has 170 valence electrons. The third-order valence-electron chi connectivity index (χ3n) is 6.03. The number of rotatable bonds is 7. The molecule has 1 aromatic heterocycles. The number of fused-ring (bicyclic) bond motifs is 1. The number of carbonyl (C=O) groups is 2. The van der Waals surface area contributed by atoms with E-state index in [9.17, 15) is 14.4 Å². The minimum absolute atomic E-state index is 0.0464. The summed E-state index contributed by atoms with van der Waals surface area (Å²) in [6.07, 6.45) is 4.91. The van der Waals surface area contributed by atoms with Crippen LogP contribution in [-0.4, -0.2) is 23.4 Å². The number of nitrogens with zero attached hydrogens (tertiary/aromatic N) is 1. The zero-order valence-electron chi connectivity index (χ0n) is 19.0. The number of ether oxygens (including phenoxy) is 1. The van der Waals surface area contributed by atoms with Crippen molar-refractivity contribution in [2.24, 2.45) is 0 Å². The Balaban J connectivity index is 1.72. The number of pyridine rings is 1. The summed E-state index contributed by atoms with van der Waals surface area (Å²) in [6.45, 7) is 2.15. The van der Waals surface area contributed by atoms with Crippen LogP contribution in [0.2, 0.25) is 0 Å². The van der Waals surface area contributed by atoms with Gasteiger partial charge in [0.2, 0.25) is 0 Å². The van der Waals surface area contributed by atoms with Crippen LogP contribution in [0.25, 0.3) is 5.69 Å². The zero-order valence-corrected chi connectivity index (χ0v) is 19.0. The van der Waals surface area contributed by atoms with Gasteiger partial charge in [-0.05, 0) is 73.7 Å². The number of hydrogen-bond donors (Lipinski definition) is 1. The number of unbranched alkanes of at least 4 members (excludes halogenated alkanes) is 1. The van der Waals surface area contributed by atoms with Gasteiger partial charge >= 0.3 is 0 Å². The molecule has 1 N–H and O–H groups in total. The first kappa shape index (κ1) is 22.5. The normalized spacial score (nSPS) is 12.8. The molecule has 1 aliphatic rings. The van der Waals surface area contributed by atoms with Crippen molar-refractivity contribution < 1.29 is 14.3 Å². The van der Waals surface area contributed by atoms with Crippen molar-refractivity contribution in [2.75, 3.05) is 12.4 Å². The molecule has 0 saturated heterocycles. The topological polar surface area (TPSA) is 77.4 Å². The summed E-state index contributed by atoms with van der Waals surface area (Å²) in [5, 5.41) is 2.82. The first-order valence-corrected chi connectivity index (χ1v) is 11.4. The molecule has 1 amide bonds. The molecule has 0 aliphatic heterocycles. The molecule has 3 aromatic rings. The van der Waals surface area contributed by atoms with Crippen molar-refractivity contribution in [2.45, 2.75) is 45.4 Å². The van der Waals surface area contributed by atoms with Crippen LogP contribution < -0.4 is 15.6 Å². The van der Waals surface area contributed by atoms with Gasteiger partial charge in [-0.2, -0.15) is 0 Å². The number of amides is 1. The molecule has 6 heteroatoms. The Morgan fingerprint density at radius 1 is 1.03 bits per heavy atom. The molecular formula is C27H28N2O4. The number of methoxy groups -OCH3 is 1. The van der Waals surface area contributed by atoms with E-state index in [1.54, 1.807) is 31.4 Å². The van der Waals surface area contributed by atoms with E-state index in [0.29, 0.717) is 47.6 Å². The van der Waals surface area contributed by atoms with Crippen molar-refractivity contribution >= 4 is 17.4 Å². The Kier molecular flexibility index (Phi) is 6.73. The smallest absolute Gasteiger partial charge is 0.268 e. The van der Waals surface area contributed by atoms with Gasteiger partial charge in [-0.3, -0.25) is 19.0 Å². The van der Waals surface area contributed by atoms with Crippen LogP contribution in [0, 0.1) is 0 Å². The van der Waals surface area contributed by atoms with Gasteiger partial charge in [0.25, 0.3) is 11.5 Å². The lowest BCUT2D eigenvalue weighted by Crippen LogP contribution is -2.33. The molecule has 1 aliphatic carbocycles. The van der Waals surface area contributed by atoms with Gasteiger partial charge in [-0.25, -0.2) is 0 Å². The summed E-state index contributed by atoms with van der Waals surface area (Å²) in [5.41, 5.74) is 3.02. The Hall–Kier alpha value is -3.67. The van der Waals surface area contributed by atoms with E-state index in [1.165, 1.54) is 16.2 Å². The number of nitrogens with one attached hydrogen (secondary N) is 1. The molecule has 2 aromatic carbocycles. The van der Waals surface area contributed by atoms with Gasteiger partial charge in [0.15, 0.2) is 5.78 Å². The molecule has 1 heterocycles. The Morgan fingerprint density at radius 2 is 1.76 bits per heavy atom. The maximum atomic E-state index is 13.5. The highest BCUT2D eigenvalue weighted by atomic mass is 16.5. The van der Waals surface area contributed by atoms with Crippen molar-refractivity contribution in [3.05, 3.63) is 87.3 Å². The Morgan fingerprint density at radius 3 is 2.42 bits per heavy atom. The highest BCUT2D eigenvalue weighted by Crippen LogP contribution is 2.25. The van der Waals surface area contributed by atoms with E-state index in [4.69, 9.17) is 4.74 Å². The summed E-state index contributed by atoms with van der Waals surface area (Å²) < 4.78 is 6.71. The van der Waals surface area contributed by atoms with E-state index in [0.717, 1.165) is 19.3 Å². The van der Waals surface area contributed by atoms with Crippen LogP contribution in [-0.2, 0) is 12.8 Å². The second-order valence-corrected chi connectivity index (χ2v) is 8.29. The third-order valence-corrected chi connectivity index (χ3v) is 6.03. The van der Waals surface area contributed by atoms with E-state index in [-0.39, 0.29) is 11.3 Å². The van der Waals surface area contributed by atoms with Crippen LogP contribution in [0.15, 0.2) is 59.4 Å². The maximum absolute atomic E-state index is 13.5. The zero-order chi connectivity index (χ0) is 23.4. The van der Waals surface area contributed by atoms with E-state index in [2.05, 4.69) is 12.2 Å². The molecule has 33 heavy (non-hydrogen) atoms. The predicted molar refractivity (Wildman–Crippen MR) is 129 cm³/mol. The number of hydrogen-bond acceptors (Lipinski definition) is 4. The molecular weight excluding hydrogens is 416 g/mol. The molecule has 4 rings (SSSR count). The first-order valence-electron chi connectivity index (χ1n) is 11.4. The average Bonchev–Trinajstić information content (AvgIpc) is 2.83. The maximum Gasteiger partial charge on any atom is 0.268 e. The van der Waals surface area contributed by atoms with E-state index in [1.807, 2.05) is 24.3 Å². The fourth-order valence-corrected chi connectivity index (χ4v) is 4.19. The highest BCUT2D eigenvalue weighted by molar-refractivity contribution is 6.06. The van der Waals surface area contributed by atoms with Crippen molar-refractivity contribution in [1.29, 1.82) is 0 Å². The van der Waals surface area contributed by atoms with E-state index >= 15 is 0 Å². The number of aromatic nitrogens is 1. The van der Waals surface area contributed by atoms with E-state index < -0.39 is 11.5 Å². The molecule has 0 saturated carbocycles. The standard InChI is InChI=1S/C27H28N2O4/c1-3-4-6-18-9-11-19(12-10-18)28-26(31)23-17-22-24(7-5-8-25(22)30)29(27(23)32)20-13-15-21(33-2)16-14-20/h9-17H,3-8H2,1-2H3,(H,28,31). The van der Waals surface area contributed by atoms with Crippen LogP contribution in [0.4, 0.5) is 5.69 Å². The second kappa shape index (κ2) is 9.86. The predicted octanol–water partition coefficient (Wildman–Crippen LogP) is 4.96. The van der Waals surface area contributed by atoms with Crippen LogP contribution in [0.1, 0.15) is 64.6 Å². The third kappa shape index (κ3) is 4.75. The molecule has 0 spiro atoms. The summed E-state index contributed by atoms with van der Waals surface area (Å²) in [6, 6.07) is 16.1. The molecule has 0 bridgehead atoms. The van der Waals surface area contributed by atoms with Crippen LogP contribution in [0.3, 0.4) is 0 Å². The Bertz CT molecular complexity index is 1220. The van der Waals surface area contributed by atoms with Gasteiger partial charge in [0.05, 0.1) is 7.11 Å². The van der Waals surface area contributed by atoms with Gasteiger partial charge in [-0.1, -0.05) is 25.5 Å². The van der Waals surface area contributed by atoms with Crippen molar-refractivity contribution in [3.63, 3.8) is 0 Å². The number of carbonyl (C=O) groups excluding carboxylic acids is 2. The quantitative estimate of drug-likeness (QED) is 0.559. The van der Waals surface area contributed by atoms with Crippen LogP contribution in [0.5, 0.6) is 5.75 Å². The summed E-state index contributed by atoms with van der Waals surface area (Å²) in [5.74, 6) is 0.0885. The first-order chi connectivity index (χ1) is 16.0. The minimum Gasteiger partial charge on any atom is -0.497 e. The average molecular weight is 445 g/mol. The van der Waals surface area contributed by atoms with Gasteiger partial charge in [-0.15, -0.1) is 0 Å². The lowest BCUT2D eigenvalue weighted by Gasteiger charge is -2.22. The largest absolute Gasteiger partial charge is 0.497 e. The summed E-state index contributed by atoms with van der Waals surface area (Å²) in [7, 11) is 1.57. The van der Waals surface area contributed by atoms with Crippen molar-refractivity contribution in [1.82, 2.24) is 4.57 Å². The monoisotopic (exact) mass is 444 g/mol.